The van der Waals surface area contributed by atoms with E-state index in [0.29, 0.717) is 17.0 Å². The fourth-order valence-electron chi connectivity index (χ4n) is 5.76. The number of methoxy groups -OCH3 is 2. The number of fused-ring (bicyclic) bond motifs is 3. The van der Waals surface area contributed by atoms with E-state index in [1.807, 2.05) is 22.6 Å². The molecule has 39 heavy (non-hydrogen) atoms. The van der Waals surface area contributed by atoms with Crippen molar-refractivity contribution in [3.8, 4) is 22.9 Å². The fraction of sp³-hybridized carbons (Fsp3) is 0.214. The second kappa shape index (κ2) is 9.26. The van der Waals surface area contributed by atoms with E-state index in [9.17, 15) is 24.3 Å². The Labute approximate surface area is 235 Å². The van der Waals surface area contributed by atoms with Crippen LogP contribution in [0.15, 0.2) is 84.5 Å². The molecule has 3 aliphatic rings. The van der Waals surface area contributed by atoms with Gasteiger partial charge in [0.25, 0.3) is 0 Å². The van der Waals surface area contributed by atoms with Crippen LogP contribution in [-0.2, 0) is 16.1 Å². The maximum atomic E-state index is 13.8. The molecule has 10 nitrogen and oxygen atoms in total. The van der Waals surface area contributed by atoms with E-state index >= 15 is 0 Å². The van der Waals surface area contributed by atoms with Gasteiger partial charge in [-0.1, -0.05) is 24.3 Å². The number of phenols is 1. The van der Waals surface area contributed by atoms with Gasteiger partial charge in [-0.2, -0.15) is 0 Å². The van der Waals surface area contributed by atoms with Gasteiger partial charge in [0.1, 0.15) is 17.2 Å². The van der Waals surface area contributed by atoms with Crippen molar-refractivity contribution in [3.05, 3.63) is 101 Å². The minimum absolute atomic E-state index is 0.0417. The lowest BCUT2D eigenvalue weighted by Crippen LogP contribution is -2.40. The molecule has 1 aromatic heterocycles. The summed E-state index contributed by atoms with van der Waals surface area (Å²) < 4.78 is 14.9. The zero-order chi connectivity index (χ0) is 27.6. The minimum Gasteiger partial charge on any atom is -0.507 e. The smallest absolute Gasteiger partial charge is 0.352 e. The summed E-state index contributed by atoms with van der Waals surface area (Å²) in [5.41, 5.74) is 0.724. The maximum absolute atomic E-state index is 13.8. The number of ketones is 2. The van der Waals surface area contributed by atoms with Crippen LogP contribution in [0.2, 0.25) is 0 Å². The highest BCUT2D eigenvalue weighted by atomic mass is 127. The Bertz CT molecular complexity index is 1790. The first-order valence-corrected chi connectivity index (χ1v) is 13.2. The molecule has 11 heteroatoms. The number of rotatable bonds is 4. The van der Waals surface area contributed by atoms with Gasteiger partial charge in [0.2, 0.25) is 0 Å². The molecule has 0 amide bonds. The monoisotopic (exact) mass is 639 g/mol. The lowest BCUT2D eigenvalue weighted by atomic mass is 9.68. The first kappa shape index (κ1) is 25.2. The third-order valence-corrected chi connectivity index (χ3v) is 8.25. The molecule has 2 aliphatic carbocycles. The molecule has 1 aliphatic heterocycles. The first-order valence-electron chi connectivity index (χ1n) is 12.1. The molecule has 0 bridgehead atoms. The predicted octanol–water partition coefficient (Wildman–Crippen LogP) is 2.96. The molecule has 0 unspecified atom stereocenters. The summed E-state index contributed by atoms with van der Waals surface area (Å²) in [5, 5.41) is 11.2. The van der Waals surface area contributed by atoms with Gasteiger partial charge in [-0.15, -0.1) is 0 Å². The van der Waals surface area contributed by atoms with Crippen molar-refractivity contribution in [2.24, 2.45) is 0 Å². The van der Waals surface area contributed by atoms with Gasteiger partial charge in [-0.25, -0.2) is 23.5 Å². The Morgan fingerprint density at radius 3 is 2.44 bits per heavy atom. The highest BCUT2D eigenvalue weighted by Crippen LogP contribution is 2.54. The summed E-state index contributed by atoms with van der Waals surface area (Å²) in [7, 11) is 2.89. The van der Waals surface area contributed by atoms with Crippen LogP contribution in [0.25, 0.3) is 5.69 Å². The highest BCUT2D eigenvalue weighted by molar-refractivity contribution is 14.1. The van der Waals surface area contributed by atoms with Gasteiger partial charge < -0.3 is 14.6 Å². The zero-order valence-electron chi connectivity index (χ0n) is 20.9. The molecule has 2 aromatic carbocycles. The molecule has 1 N–H and O–H groups in total. The van der Waals surface area contributed by atoms with E-state index in [2.05, 4.69) is 0 Å². The number of aromatic hydroxyl groups is 1. The largest absolute Gasteiger partial charge is 0.507 e. The van der Waals surface area contributed by atoms with E-state index in [0.717, 1.165) is 4.57 Å². The van der Waals surface area contributed by atoms with Gasteiger partial charge in [0.15, 0.2) is 11.6 Å². The number of para-hydroxylation sites is 1. The third kappa shape index (κ3) is 3.67. The van der Waals surface area contributed by atoms with E-state index < -0.39 is 23.3 Å². The number of hydrogen-bond acceptors (Lipinski definition) is 7. The topological polar surface area (TPSA) is 122 Å². The van der Waals surface area contributed by atoms with Gasteiger partial charge >= 0.3 is 11.4 Å². The van der Waals surface area contributed by atoms with Crippen LogP contribution in [0.1, 0.15) is 23.9 Å². The summed E-state index contributed by atoms with van der Waals surface area (Å²) in [6.45, 7) is 0.0627. The zero-order valence-corrected chi connectivity index (χ0v) is 23.0. The predicted molar refractivity (Wildman–Crippen MR) is 149 cm³/mol. The van der Waals surface area contributed by atoms with Gasteiger partial charge in [0, 0.05) is 47.3 Å². The normalized spacial score (nSPS) is 20.1. The Morgan fingerprint density at radius 1 is 1.00 bits per heavy atom. The van der Waals surface area contributed by atoms with Crippen molar-refractivity contribution in [2.75, 3.05) is 14.2 Å². The number of allylic oxidation sites excluding steroid dienone is 6. The summed E-state index contributed by atoms with van der Waals surface area (Å²) in [4.78, 5) is 54.0. The van der Waals surface area contributed by atoms with Crippen molar-refractivity contribution in [2.45, 2.75) is 24.9 Å². The number of benzene rings is 2. The summed E-state index contributed by atoms with van der Waals surface area (Å²) >= 11 is 1.84. The number of ether oxygens (including phenoxy) is 2. The Morgan fingerprint density at radius 2 is 1.74 bits per heavy atom. The number of phenolic OH excluding ortho intramolecular Hbond substituents is 1. The van der Waals surface area contributed by atoms with E-state index in [1.165, 1.54) is 35.7 Å². The third-order valence-electron chi connectivity index (χ3n) is 7.45. The number of nitrogens with zero attached hydrogens (tertiary/aromatic N) is 3. The van der Waals surface area contributed by atoms with Crippen molar-refractivity contribution < 1.29 is 24.2 Å². The van der Waals surface area contributed by atoms with Gasteiger partial charge in [-0.3, -0.25) is 9.59 Å². The molecule has 0 saturated carbocycles. The molecule has 0 saturated heterocycles. The van der Waals surface area contributed by atoms with Crippen LogP contribution >= 0.6 is 22.6 Å². The van der Waals surface area contributed by atoms with Crippen LogP contribution in [0.4, 0.5) is 0 Å². The average molecular weight is 639 g/mol. The van der Waals surface area contributed by atoms with Gasteiger partial charge in [0.05, 0.1) is 36.1 Å². The lowest BCUT2D eigenvalue weighted by Gasteiger charge is -2.39. The maximum Gasteiger partial charge on any atom is 0.352 e. The van der Waals surface area contributed by atoms with Crippen LogP contribution in [0.3, 0.4) is 0 Å². The number of aromatic nitrogens is 3. The standard InChI is InChI=1S/C28H22IN3O7/c1-38-15-10-21(34)25(22(11-15)39-2)23-16-8-9-30-27(36)31(14-6-4-3-5-7-14)28(37)32(30)19(16)12-17-20(33)13-18(29)26(35)24(17)23/h3-8,10-11,13,19,23,34H,9,12H2,1-2H3/t19-,23+/m1/s1. The molecule has 0 spiro atoms. The summed E-state index contributed by atoms with van der Waals surface area (Å²) in [6.07, 6.45) is 3.12. The lowest BCUT2D eigenvalue weighted by molar-refractivity contribution is -0.115. The van der Waals surface area contributed by atoms with E-state index in [1.54, 1.807) is 42.5 Å². The molecule has 0 fully saturated rings. The highest BCUT2D eigenvalue weighted by Gasteiger charge is 2.46. The average Bonchev–Trinajstić information content (AvgIpc) is 3.20. The van der Waals surface area contributed by atoms with Crippen LogP contribution in [-0.4, -0.2) is 44.8 Å². The Hall–Kier alpha value is -4.13. The van der Waals surface area contributed by atoms with Crippen LogP contribution < -0.4 is 20.9 Å². The summed E-state index contributed by atoms with van der Waals surface area (Å²) in [6, 6.07) is 10.9. The molecule has 0 radical (unpaired) electrons. The molecule has 6 rings (SSSR count). The number of carbonyl (C=O) groups is 2. The second-order valence-corrected chi connectivity index (χ2v) is 10.5. The van der Waals surface area contributed by atoms with E-state index in [4.69, 9.17) is 9.47 Å². The van der Waals surface area contributed by atoms with Crippen LogP contribution in [0, 0.1) is 0 Å². The quantitative estimate of drug-likeness (QED) is 0.265. The second-order valence-electron chi connectivity index (χ2n) is 9.36. The molecular weight excluding hydrogens is 617 g/mol. The van der Waals surface area contributed by atoms with Crippen molar-refractivity contribution in [1.29, 1.82) is 0 Å². The van der Waals surface area contributed by atoms with Crippen LogP contribution in [0.5, 0.6) is 17.2 Å². The van der Waals surface area contributed by atoms with Gasteiger partial charge in [-0.05, 0) is 40.3 Å². The summed E-state index contributed by atoms with van der Waals surface area (Å²) in [5.74, 6) is -1.16. The van der Waals surface area contributed by atoms with Crippen molar-refractivity contribution >= 4 is 34.2 Å². The molecule has 2 heterocycles. The van der Waals surface area contributed by atoms with Crippen molar-refractivity contribution in [3.63, 3.8) is 0 Å². The first-order chi connectivity index (χ1) is 18.8. The SMILES string of the molecule is COc1cc(O)c([C@H]2C3=CCn4c(=O)n(-c5ccccc5)c(=O)n4[C@@H]3CC3=C2C(=O)C(I)=CC3=O)c(OC)c1. The van der Waals surface area contributed by atoms with E-state index in [-0.39, 0.29) is 56.3 Å². The fourth-order valence-corrected chi connectivity index (χ4v) is 6.34. The number of carbonyl (C=O) groups excluding carboxylic acids is 2. The Kier molecular flexibility index (Phi) is 5.97. The molecule has 3 aromatic rings. The minimum atomic E-state index is -0.898. The number of Topliss-reactive ketones (excluding diaryl/α,β-unsaturated/α-hetero) is 1. The van der Waals surface area contributed by atoms with Crippen molar-refractivity contribution in [1.82, 2.24) is 13.9 Å². The molecule has 2 atom stereocenters. The molecule has 198 valence electrons. The number of hydrogen-bond donors (Lipinski definition) is 1. The Balaban J connectivity index is 1.63. The number of halogens is 1. The molecular formula is C28H22IN3O7.